The molecule has 15 heteroatoms. The standard InChI is InChI=1S/C35H59N7O7S/c1-11-16-36-30(45)27(43)25(21-14-12-15-21)38-29(44)26-24-22(35(24,8)9)19-42(26)31(46)28(34(5,6)7)39-32(47)37-23(33(2,3)4)20-41-18-13-17-40(10)50(41,48)49/h11,21-26,28H,1,12-20H2,2-10H3,(H,36,45)(H,38,44)(H2,37,39,47)/t22-,23+,24-,25?,26-,28+/m0/s1. The number of Topliss-reactive ketones (excluding diaryl/α,β-unsaturated/α-hetero) is 1. The molecule has 4 aliphatic rings. The van der Waals surface area contributed by atoms with Gasteiger partial charge in [-0.3, -0.25) is 19.2 Å². The lowest BCUT2D eigenvalue weighted by Crippen LogP contribution is -2.63. The third-order valence-electron chi connectivity index (χ3n) is 11.3. The molecule has 0 bridgehead atoms. The highest BCUT2D eigenvalue weighted by Crippen LogP contribution is 2.65. The van der Waals surface area contributed by atoms with E-state index in [4.69, 9.17) is 0 Å². The number of urea groups is 1. The van der Waals surface area contributed by atoms with Crippen molar-refractivity contribution in [1.29, 1.82) is 0 Å². The molecule has 4 N–H and O–H groups in total. The van der Waals surface area contributed by atoms with Crippen LogP contribution in [0.5, 0.6) is 0 Å². The quantitative estimate of drug-likeness (QED) is 0.175. The molecule has 5 amide bonds. The third-order valence-corrected chi connectivity index (χ3v) is 13.3. The Labute approximate surface area is 298 Å². The first-order chi connectivity index (χ1) is 23.0. The molecular formula is C35H59N7O7S. The summed E-state index contributed by atoms with van der Waals surface area (Å²) < 4.78 is 28.7. The summed E-state index contributed by atoms with van der Waals surface area (Å²) in [7, 11) is -2.13. The lowest BCUT2D eigenvalue weighted by atomic mass is 9.77. The van der Waals surface area contributed by atoms with Crippen molar-refractivity contribution in [3.63, 3.8) is 0 Å². The van der Waals surface area contributed by atoms with Gasteiger partial charge in [0.1, 0.15) is 18.1 Å². The van der Waals surface area contributed by atoms with E-state index in [0.717, 1.165) is 6.42 Å². The molecule has 50 heavy (non-hydrogen) atoms. The average Bonchev–Trinajstić information content (AvgIpc) is 3.29. The molecule has 0 spiro atoms. The molecule has 4 rings (SSSR count). The maximum absolute atomic E-state index is 14.5. The van der Waals surface area contributed by atoms with E-state index in [1.54, 1.807) is 0 Å². The largest absolute Gasteiger partial charge is 0.346 e. The number of piperidine rings is 1. The van der Waals surface area contributed by atoms with Crippen molar-refractivity contribution >= 4 is 39.7 Å². The number of rotatable bonds is 12. The Bertz CT molecular complexity index is 1460. The number of carbonyl (C=O) groups excluding carboxylic acids is 5. The Hall–Kier alpha value is -3.04. The van der Waals surface area contributed by atoms with Crippen LogP contribution in [0.1, 0.15) is 81.1 Å². The minimum Gasteiger partial charge on any atom is -0.346 e. The first kappa shape index (κ1) is 39.7. The second-order valence-corrected chi connectivity index (χ2v) is 19.3. The van der Waals surface area contributed by atoms with Crippen molar-refractivity contribution in [3.05, 3.63) is 12.7 Å². The zero-order chi connectivity index (χ0) is 37.6. The molecule has 4 fully saturated rings. The van der Waals surface area contributed by atoms with E-state index in [-0.39, 0.29) is 36.3 Å². The number of nitrogens with one attached hydrogen (secondary N) is 4. The minimum atomic E-state index is -3.67. The summed E-state index contributed by atoms with van der Waals surface area (Å²) in [5.74, 6) is -2.65. The summed E-state index contributed by atoms with van der Waals surface area (Å²) in [5, 5.41) is 11.2. The van der Waals surface area contributed by atoms with Gasteiger partial charge in [0.25, 0.3) is 16.1 Å². The number of likely N-dealkylation sites (tertiary alicyclic amines) is 1. The molecule has 0 aromatic rings. The number of hydrogen-bond donors (Lipinski definition) is 4. The monoisotopic (exact) mass is 721 g/mol. The van der Waals surface area contributed by atoms with E-state index in [2.05, 4.69) is 41.7 Å². The molecule has 14 nitrogen and oxygen atoms in total. The summed E-state index contributed by atoms with van der Waals surface area (Å²) >= 11 is 0. The lowest BCUT2D eigenvalue weighted by Gasteiger charge is -2.40. The molecule has 2 heterocycles. The van der Waals surface area contributed by atoms with Crippen LogP contribution in [-0.4, -0.2) is 115 Å². The van der Waals surface area contributed by atoms with Gasteiger partial charge in [-0.05, 0) is 53.3 Å². The van der Waals surface area contributed by atoms with Crippen LogP contribution in [-0.2, 0) is 29.4 Å². The molecule has 0 aromatic carbocycles. The van der Waals surface area contributed by atoms with Crippen LogP contribution < -0.4 is 21.3 Å². The van der Waals surface area contributed by atoms with E-state index in [0.29, 0.717) is 38.9 Å². The summed E-state index contributed by atoms with van der Waals surface area (Å²) in [6.07, 6.45) is 4.45. The Morgan fingerprint density at radius 1 is 0.940 bits per heavy atom. The highest BCUT2D eigenvalue weighted by atomic mass is 32.2. The number of ketones is 1. The number of fused-ring (bicyclic) bond motifs is 1. The predicted octanol–water partition coefficient (Wildman–Crippen LogP) is 1.64. The first-order valence-corrected chi connectivity index (χ1v) is 19.2. The molecule has 2 saturated carbocycles. The maximum atomic E-state index is 14.5. The Morgan fingerprint density at radius 2 is 1.58 bits per heavy atom. The Kier molecular flexibility index (Phi) is 11.5. The molecule has 2 aliphatic heterocycles. The first-order valence-electron chi connectivity index (χ1n) is 17.9. The van der Waals surface area contributed by atoms with Crippen molar-refractivity contribution in [2.75, 3.05) is 39.8 Å². The lowest BCUT2D eigenvalue weighted by molar-refractivity contribution is -0.146. The van der Waals surface area contributed by atoms with Gasteiger partial charge in [-0.1, -0.05) is 67.9 Å². The van der Waals surface area contributed by atoms with Gasteiger partial charge >= 0.3 is 6.03 Å². The molecule has 2 saturated heterocycles. The van der Waals surface area contributed by atoms with Crippen LogP contribution in [0.2, 0.25) is 0 Å². The van der Waals surface area contributed by atoms with Crippen molar-refractivity contribution < 1.29 is 32.4 Å². The predicted molar refractivity (Wildman–Crippen MR) is 190 cm³/mol. The average molecular weight is 722 g/mol. The van der Waals surface area contributed by atoms with E-state index in [1.807, 2.05) is 41.5 Å². The van der Waals surface area contributed by atoms with Gasteiger partial charge in [-0.2, -0.15) is 17.0 Å². The molecule has 1 unspecified atom stereocenters. The maximum Gasteiger partial charge on any atom is 0.315 e. The van der Waals surface area contributed by atoms with E-state index in [1.165, 1.54) is 26.6 Å². The highest BCUT2D eigenvalue weighted by molar-refractivity contribution is 7.86. The van der Waals surface area contributed by atoms with Crippen LogP contribution in [0.15, 0.2) is 12.7 Å². The van der Waals surface area contributed by atoms with Gasteiger partial charge < -0.3 is 26.2 Å². The van der Waals surface area contributed by atoms with Crippen molar-refractivity contribution in [2.45, 2.75) is 105 Å². The minimum absolute atomic E-state index is 0.0558. The summed E-state index contributed by atoms with van der Waals surface area (Å²) in [6.45, 7) is 20.2. The SMILES string of the molecule is C=CCNC(=O)C(=O)C(NC(=O)[C@@H]1[C@@H]2[C@H](CN1C(=O)[C@@H](NC(=O)N[C@H](CN1CCCN(C)S1(=O)=O)C(C)(C)C)C(C)(C)C)C2(C)C)C1CCC1. The number of nitrogens with zero attached hydrogens (tertiary/aromatic N) is 3. The van der Waals surface area contributed by atoms with Gasteiger partial charge in [0, 0.05) is 45.8 Å². The summed E-state index contributed by atoms with van der Waals surface area (Å²) in [6, 6.07) is -4.11. The number of amides is 5. The van der Waals surface area contributed by atoms with Crippen LogP contribution in [0.4, 0.5) is 4.79 Å². The second-order valence-electron chi connectivity index (χ2n) is 17.3. The Morgan fingerprint density at radius 3 is 2.12 bits per heavy atom. The van der Waals surface area contributed by atoms with Gasteiger partial charge in [-0.15, -0.1) is 6.58 Å². The molecule has 2 aliphatic carbocycles. The number of hydrogen-bond acceptors (Lipinski definition) is 7. The van der Waals surface area contributed by atoms with Gasteiger partial charge in [0.2, 0.25) is 17.6 Å². The molecule has 282 valence electrons. The molecular weight excluding hydrogens is 662 g/mol. The zero-order valence-corrected chi connectivity index (χ0v) is 32.1. The fraction of sp³-hybridized carbons (Fsp3) is 0.800. The van der Waals surface area contributed by atoms with E-state index in [9.17, 15) is 32.4 Å². The second kappa shape index (κ2) is 14.5. The molecule has 0 aromatic heterocycles. The van der Waals surface area contributed by atoms with Crippen LogP contribution in [0.25, 0.3) is 0 Å². The fourth-order valence-corrected chi connectivity index (χ4v) is 9.04. The smallest absolute Gasteiger partial charge is 0.315 e. The molecule has 6 atom stereocenters. The summed E-state index contributed by atoms with van der Waals surface area (Å²) in [5.41, 5.74) is -1.49. The fourth-order valence-electron chi connectivity index (χ4n) is 7.58. The number of carbonyl (C=O) groups is 5. The topological polar surface area (TPSA) is 177 Å². The van der Waals surface area contributed by atoms with E-state index >= 15 is 0 Å². The van der Waals surface area contributed by atoms with Crippen molar-refractivity contribution in [2.24, 2.45) is 34.0 Å². The molecule has 0 radical (unpaired) electrons. The van der Waals surface area contributed by atoms with Crippen molar-refractivity contribution in [1.82, 2.24) is 34.8 Å². The Balaban J connectivity index is 1.53. The summed E-state index contributed by atoms with van der Waals surface area (Å²) in [4.78, 5) is 69.7. The normalized spacial score (nSPS) is 26.7. The van der Waals surface area contributed by atoms with Crippen LogP contribution >= 0.6 is 0 Å². The van der Waals surface area contributed by atoms with Gasteiger partial charge in [0.05, 0.1) is 0 Å². The van der Waals surface area contributed by atoms with Gasteiger partial charge in [-0.25, -0.2) is 4.79 Å². The van der Waals surface area contributed by atoms with E-state index < -0.39 is 74.7 Å². The van der Waals surface area contributed by atoms with Crippen LogP contribution in [0, 0.1) is 34.0 Å². The zero-order valence-electron chi connectivity index (χ0n) is 31.3. The third kappa shape index (κ3) is 8.20. The highest BCUT2D eigenvalue weighted by Gasteiger charge is 2.70. The van der Waals surface area contributed by atoms with Crippen LogP contribution in [0.3, 0.4) is 0 Å². The van der Waals surface area contributed by atoms with Gasteiger partial charge in [0.15, 0.2) is 0 Å². The van der Waals surface area contributed by atoms with Crippen molar-refractivity contribution in [3.8, 4) is 0 Å².